The van der Waals surface area contributed by atoms with Crippen LogP contribution in [0.15, 0.2) is 35.9 Å². The molecule has 1 aliphatic carbocycles. The van der Waals surface area contributed by atoms with E-state index in [4.69, 9.17) is 4.74 Å². The van der Waals surface area contributed by atoms with Gasteiger partial charge in [-0.1, -0.05) is 36.8 Å². The molecule has 1 aliphatic heterocycles. The fourth-order valence-electron chi connectivity index (χ4n) is 2.95. The van der Waals surface area contributed by atoms with E-state index in [0.29, 0.717) is 0 Å². The zero-order valence-corrected chi connectivity index (χ0v) is 9.83. The zero-order valence-electron chi connectivity index (χ0n) is 9.83. The van der Waals surface area contributed by atoms with Gasteiger partial charge in [-0.25, -0.2) is 0 Å². The van der Waals surface area contributed by atoms with Crippen molar-refractivity contribution in [3.8, 4) is 5.75 Å². The fourth-order valence-corrected chi connectivity index (χ4v) is 2.95. The van der Waals surface area contributed by atoms with Crippen LogP contribution in [0.5, 0.6) is 5.75 Å². The highest BCUT2D eigenvalue weighted by Crippen LogP contribution is 2.43. The molecule has 0 spiro atoms. The van der Waals surface area contributed by atoms with Crippen molar-refractivity contribution in [2.24, 2.45) is 0 Å². The van der Waals surface area contributed by atoms with Gasteiger partial charge in [0.1, 0.15) is 5.75 Å². The maximum Gasteiger partial charge on any atom is 0.123 e. The van der Waals surface area contributed by atoms with Crippen molar-refractivity contribution >= 4 is 0 Å². The predicted octanol–water partition coefficient (Wildman–Crippen LogP) is 3.84. The van der Waals surface area contributed by atoms with Crippen molar-refractivity contribution in [1.82, 2.24) is 0 Å². The summed E-state index contributed by atoms with van der Waals surface area (Å²) in [4.78, 5) is 0. The first-order valence-corrected chi connectivity index (χ1v) is 6.18. The van der Waals surface area contributed by atoms with Gasteiger partial charge in [0.2, 0.25) is 0 Å². The lowest BCUT2D eigenvalue weighted by Gasteiger charge is -2.23. The summed E-state index contributed by atoms with van der Waals surface area (Å²) in [5.74, 6) is 1.09. The van der Waals surface area contributed by atoms with E-state index < -0.39 is 0 Å². The van der Waals surface area contributed by atoms with Crippen LogP contribution in [0.2, 0.25) is 0 Å². The number of fused-ring (bicyclic) bond motifs is 1. The highest BCUT2D eigenvalue weighted by Gasteiger charge is 2.36. The normalized spacial score (nSPS) is 27.4. The van der Waals surface area contributed by atoms with Crippen molar-refractivity contribution in [3.05, 3.63) is 41.5 Å². The lowest BCUT2D eigenvalue weighted by atomic mass is 9.79. The summed E-state index contributed by atoms with van der Waals surface area (Å²) in [6.07, 6.45) is 7.50. The first-order chi connectivity index (χ1) is 7.78. The van der Waals surface area contributed by atoms with Crippen LogP contribution >= 0.6 is 0 Å². The molecule has 2 aliphatic rings. The summed E-state index contributed by atoms with van der Waals surface area (Å²) in [5.41, 5.74) is 3.22. The molecule has 1 atom stereocenters. The second kappa shape index (κ2) is 3.65. The van der Waals surface area contributed by atoms with Crippen molar-refractivity contribution in [2.75, 3.05) is 6.61 Å². The monoisotopic (exact) mass is 214 g/mol. The van der Waals surface area contributed by atoms with E-state index in [-0.39, 0.29) is 5.41 Å². The molecule has 0 N–H and O–H groups in total. The minimum Gasteiger partial charge on any atom is -0.492 e. The summed E-state index contributed by atoms with van der Waals surface area (Å²) < 4.78 is 5.80. The largest absolute Gasteiger partial charge is 0.492 e. The Morgan fingerprint density at radius 3 is 3.00 bits per heavy atom. The van der Waals surface area contributed by atoms with Crippen LogP contribution < -0.4 is 4.74 Å². The Balaban J connectivity index is 1.89. The minimum atomic E-state index is 0.201. The first kappa shape index (κ1) is 9.95. The van der Waals surface area contributed by atoms with Crippen molar-refractivity contribution in [3.63, 3.8) is 0 Å². The van der Waals surface area contributed by atoms with Gasteiger partial charge in [0.25, 0.3) is 0 Å². The number of allylic oxidation sites excluding steroid dienone is 2. The molecule has 0 saturated heterocycles. The van der Waals surface area contributed by atoms with E-state index >= 15 is 0 Å². The maximum absolute atomic E-state index is 5.80. The molecule has 84 valence electrons. The van der Waals surface area contributed by atoms with E-state index in [1.54, 1.807) is 5.57 Å². The lowest BCUT2D eigenvalue weighted by molar-refractivity contribution is 0.276. The molecule has 1 nitrogen and oxygen atoms in total. The van der Waals surface area contributed by atoms with Gasteiger partial charge < -0.3 is 4.74 Å². The molecule has 1 heteroatoms. The first-order valence-electron chi connectivity index (χ1n) is 6.18. The lowest BCUT2D eigenvalue weighted by Crippen LogP contribution is -2.24. The topological polar surface area (TPSA) is 9.23 Å². The Hall–Kier alpha value is -1.24. The number of rotatable bonds is 2. The molecule has 0 aromatic heterocycles. The fraction of sp³-hybridized carbons (Fsp3) is 0.467. The third kappa shape index (κ3) is 1.55. The van der Waals surface area contributed by atoms with Gasteiger partial charge in [-0.3, -0.25) is 0 Å². The number of benzene rings is 1. The molecule has 1 aromatic rings. The van der Waals surface area contributed by atoms with Crippen LogP contribution in [0, 0.1) is 0 Å². The Bertz CT molecular complexity index is 433. The number of hydrogen-bond acceptors (Lipinski definition) is 1. The van der Waals surface area contributed by atoms with Crippen LogP contribution in [-0.2, 0) is 5.41 Å². The van der Waals surface area contributed by atoms with Crippen LogP contribution in [-0.4, -0.2) is 6.61 Å². The van der Waals surface area contributed by atoms with Gasteiger partial charge in [0, 0.05) is 11.0 Å². The third-order valence-electron chi connectivity index (χ3n) is 3.84. The molecular weight excluding hydrogens is 196 g/mol. The summed E-state index contributed by atoms with van der Waals surface area (Å²) in [7, 11) is 0. The van der Waals surface area contributed by atoms with Crippen LogP contribution in [0.4, 0.5) is 0 Å². The Labute approximate surface area is 97.1 Å². The SMILES string of the molecule is C[C@]1(CC2=CCCC2)COc2ccccc21. The molecule has 16 heavy (non-hydrogen) atoms. The molecule has 0 saturated carbocycles. The molecule has 0 fully saturated rings. The van der Waals surface area contributed by atoms with Gasteiger partial charge >= 0.3 is 0 Å². The van der Waals surface area contributed by atoms with Gasteiger partial charge in [-0.2, -0.15) is 0 Å². The molecule has 0 unspecified atom stereocenters. The molecule has 1 heterocycles. The Morgan fingerprint density at radius 2 is 2.19 bits per heavy atom. The van der Waals surface area contributed by atoms with Gasteiger partial charge in [0.05, 0.1) is 6.61 Å². The highest BCUT2D eigenvalue weighted by atomic mass is 16.5. The van der Waals surface area contributed by atoms with E-state index in [1.807, 2.05) is 0 Å². The van der Waals surface area contributed by atoms with Gasteiger partial charge in [-0.15, -0.1) is 0 Å². The quantitative estimate of drug-likeness (QED) is 0.680. The molecule has 3 rings (SSSR count). The van der Waals surface area contributed by atoms with Crippen LogP contribution in [0.25, 0.3) is 0 Å². The summed E-state index contributed by atoms with van der Waals surface area (Å²) >= 11 is 0. The Kier molecular flexibility index (Phi) is 2.27. The van der Waals surface area contributed by atoms with E-state index in [0.717, 1.165) is 12.4 Å². The van der Waals surface area contributed by atoms with E-state index in [1.165, 1.54) is 31.2 Å². The average molecular weight is 214 g/mol. The molecule has 0 radical (unpaired) electrons. The summed E-state index contributed by atoms with van der Waals surface area (Å²) in [5, 5.41) is 0. The zero-order chi connectivity index (χ0) is 11.0. The maximum atomic E-state index is 5.80. The average Bonchev–Trinajstić information content (AvgIpc) is 2.89. The van der Waals surface area contributed by atoms with Gasteiger partial charge in [-0.05, 0) is 31.7 Å². The molecule has 0 amide bonds. The second-order valence-corrected chi connectivity index (χ2v) is 5.28. The number of ether oxygens (including phenoxy) is 1. The van der Waals surface area contributed by atoms with E-state index in [9.17, 15) is 0 Å². The summed E-state index contributed by atoms with van der Waals surface area (Å²) in [6.45, 7) is 3.17. The smallest absolute Gasteiger partial charge is 0.123 e. The van der Waals surface area contributed by atoms with Crippen molar-refractivity contribution in [2.45, 2.75) is 38.0 Å². The summed E-state index contributed by atoms with van der Waals surface area (Å²) in [6, 6.07) is 8.48. The standard InChI is InChI=1S/C15H18O/c1-15(10-12-6-2-3-7-12)11-16-14-9-5-4-8-13(14)15/h4-6,8-9H,2-3,7,10-11H2,1H3/t15-/m0/s1. The van der Waals surface area contributed by atoms with Crippen molar-refractivity contribution in [1.29, 1.82) is 0 Å². The second-order valence-electron chi connectivity index (χ2n) is 5.28. The predicted molar refractivity (Wildman–Crippen MR) is 65.8 cm³/mol. The molecule has 1 aromatic carbocycles. The highest BCUT2D eigenvalue weighted by molar-refractivity contribution is 5.44. The van der Waals surface area contributed by atoms with Crippen molar-refractivity contribution < 1.29 is 4.74 Å². The van der Waals surface area contributed by atoms with Gasteiger partial charge in [0.15, 0.2) is 0 Å². The molecule has 0 bridgehead atoms. The van der Waals surface area contributed by atoms with E-state index in [2.05, 4.69) is 37.3 Å². The number of hydrogen-bond donors (Lipinski definition) is 0. The third-order valence-corrected chi connectivity index (χ3v) is 3.84. The Morgan fingerprint density at radius 1 is 1.31 bits per heavy atom. The van der Waals surface area contributed by atoms with Crippen LogP contribution in [0.1, 0.15) is 38.2 Å². The minimum absolute atomic E-state index is 0.201. The number of para-hydroxylation sites is 1. The van der Waals surface area contributed by atoms with Crippen LogP contribution in [0.3, 0.4) is 0 Å². The molecular formula is C15H18O.